The summed E-state index contributed by atoms with van der Waals surface area (Å²) in [4.78, 5) is 25.9. The number of nitrogens with zero attached hydrogens (tertiary/aromatic N) is 6. The van der Waals surface area contributed by atoms with Gasteiger partial charge in [0.25, 0.3) is 5.91 Å². The van der Waals surface area contributed by atoms with E-state index in [1.54, 1.807) is 21.0 Å². The molecule has 0 saturated carbocycles. The number of hydrogen-bond donors (Lipinski definition) is 2. The third-order valence-electron chi connectivity index (χ3n) is 2.65. The number of carbonyl (C=O) groups excluding carboxylic acids is 2. The van der Waals surface area contributed by atoms with E-state index in [4.69, 9.17) is 5.73 Å². The lowest BCUT2D eigenvalue weighted by Gasteiger charge is -2.09. The van der Waals surface area contributed by atoms with Crippen LogP contribution in [0.5, 0.6) is 0 Å². The number of aryl methyl sites for hydroxylation is 1. The monoisotopic (exact) mass is 292 g/mol. The molecule has 0 saturated heterocycles. The van der Waals surface area contributed by atoms with E-state index in [1.807, 2.05) is 0 Å². The van der Waals surface area contributed by atoms with Crippen LogP contribution in [0.1, 0.15) is 10.5 Å². The fourth-order valence-corrected chi connectivity index (χ4v) is 1.45. The first-order valence-corrected chi connectivity index (χ1v) is 6.10. The Balaban J connectivity index is 2.02. The molecule has 2 aromatic rings. The summed E-state index contributed by atoms with van der Waals surface area (Å²) in [6.45, 7) is 1.60. The van der Waals surface area contributed by atoms with Gasteiger partial charge in [-0.1, -0.05) is 0 Å². The molecule has 0 unspecified atom stereocenters. The molecule has 2 rings (SSSR count). The summed E-state index contributed by atoms with van der Waals surface area (Å²) in [7, 11) is 3.21. The maximum absolute atomic E-state index is 12.0. The molecule has 0 aliphatic heterocycles. The highest BCUT2D eigenvalue weighted by atomic mass is 16.2. The van der Waals surface area contributed by atoms with Gasteiger partial charge in [0.05, 0.1) is 23.8 Å². The first-order valence-electron chi connectivity index (χ1n) is 6.10. The standard InChI is InChI=1S/C11H16N8O2/c1-7-8(12)5-18(15-7)10(20)6-19-13-4-9(16-19)14-11(21)17(2)3/h4-5H,6,12H2,1-3H3,(H,14,16,21). The predicted molar refractivity (Wildman–Crippen MR) is 74.7 cm³/mol. The fraction of sp³-hybridized carbons (Fsp3) is 0.364. The van der Waals surface area contributed by atoms with E-state index in [1.165, 1.54) is 22.1 Å². The molecule has 0 bridgehead atoms. The van der Waals surface area contributed by atoms with Gasteiger partial charge in [0, 0.05) is 14.1 Å². The molecule has 0 radical (unpaired) electrons. The van der Waals surface area contributed by atoms with E-state index in [2.05, 4.69) is 20.6 Å². The van der Waals surface area contributed by atoms with E-state index in [9.17, 15) is 9.59 Å². The summed E-state index contributed by atoms with van der Waals surface area (Å²) in [6, 6.07) is -0.330. The molecule has 0 fully saturated rings. The van der Waals surface area contributed by atoms with Gasteiger partial charge in [0.1, 0.15) is 6.54 Å². The molecule has 2 aromatic heterocycles. The largest absolute Gasteiger partial charge is 0.396 e. The molecular formula is C11H16N8O2. The number of nitrogens with two attached hydrogens (primary N) is 1. The number of amides is 2. The number of hydrogen-bond acceptors (Lipinski definition) is 6. The molecule has 0 aliphatic rings. The van der Waals surface area contributed by atoms with Crippen molar-refractivity contribution in [2.24, 2.45) is 0 Å². The third-order valence-corrected chi connectivity index (χ3v) is 2.65. The Bertz CT molecular complexity index is 652. The van der Waals surface area contributed by atoms with Gasteiger partial charge in [0.2, 0.25) is 0 Å². The Morgan fingerprint density at radius 3 is 2.67 bits per heavy atom. The van der Waals surface area contributed by atoms with E-state index < -0.39 is 0 Å². The molecule has 0 spiro atoms. The van der Waals surface area contributed by atoms with Crippen LogP contribution >= 0.6 is 0 Å². The highest BCUT2D eigenvalue weighted by Crippen LogP contribution is 2.07. The van der Waals surface area contributed by atoms with Crippen molar-refractivity contribution >= 4 is 23.4 Å². The van der Waals surface area contributed by atoms with Crippen molar-refractivity contribution in [3.05, 3.63) is 18.1 Å². The van der Waals surface area contributed by atoms with Gasteiger partial charge < -0.3 is 10.6 Å². The molecule has 2 amide bonds. The number of nitrogen functional groups attached to an aromatic ring is 1. The fourth-order valence-electron chi connectivity index (χ4n) is 1.45. The second kappa shape index (κ2) is 5.61. The molecule has 10 heteroatoms. The van der Waals surface area contributed by atoms with Crippen molar-refractivity contribution in [1.82, 2.24) is 29.7 Å². The highest BCUT2D eigenvalue weighted by molar-refractivity contribution is 5.87. The molecular weight excluding hydrogens is 276 g/mol. The minimum Gasteiger partial charge on any atom is -0.396 e. The first kappa shape index (κ1) is 14.5. The van der Waals surface area contributed by atoms with Crippen LogP contribution < -0.4 is 11.1 Å². The first-order chi connectivity index (χ1) is 9.86. The summed E-state index contributed by atoms with van der Waals surface area (Å²) in [5.74, 6) is -0.0754. The zero-order valence-electron chi connectivity index (χ0n) is 11.9. The summed E-state index contributed by atoms with van der Waals surface area (Å²) in [5, 5.41) is 14.4. The van der Waals surface area contributed by atoms with Gasteiger partial charge in [-0.05, 0) is 6.92 Å². The normalized spacial score (nSPS) is 10.4. The second-order valence-electron chi connectivity index (χ2n) is 4.59. The summed E-state index contributed by atoms with van der Waals surface area (Å²) in [5.41, 5.74) is 6.65. The average molecular weight is 292 g/mol. The minimum atomic E-state index is -0.337. The Kier molecular flexibility index (Phi) is 3.87. The lowest BCUT2D eigenvalue weighted by atomic mass is 10.4. The maximum Gasteiger partial charge on any atom is 0.322 e. The van der Waals surface area contributed by atoms with Crippen LogP contribution in [0.3, 0.4) is 0 Å². The van der Waals surface area contributed by atoms with E-state index in [0.29, 0.717) is 11.4 Å². The summed E-state index contributed by atoms with van der Waals surface area (Å²) < 4.78 is 1.14. The van der Waals surface area contributed by atoms with Crippen molar-refractivity contribution in [2.75, 3.05) is 25.1 Å². The molecule has 0 atom stereocenters. The van der Waals surface area contributed by atoms with Crippen LogP contribution in [0.15, 0.2) is 12.4 Å². The van der Waals surface area contributed by atoms with Gasteiger partial charge in [0.15, 0.2) is 5.82 Å². The third kappa shape index (κ3) is 3.35. The lowest BCUT2D eigenvalue weighted by molar-refractivity contribution is 0.0864. The van der Waals surface area contributed by atoms with Gasteiger partial charge in [-0.3, -0.25) is 10.1 Å². The predicted octanol–water partition coefficient (Wildman–Crippen LogP) is -0.201. The quantitative estimate of drug-likeness (QED) is 0.807. The second-order valence-corrected chi connectivity index (χ2v) is 4.59. The average Bonchev–Trinajstić information content (AvgIpc) is 2.97. The molecule has 3 N–H and O–H groups in total. The van der Waals surface area contributed by atoms with Crippen molar-refractivity contribution in [3.63, 3.8) is 0 Å². The van der Waals surface area contributed by atoms with Crippen LogP contribution in [0.4, 0.5) is 16.3 Å². The molecule has 21 heavy (non-hydrogen) atoms. The number of nitrogens with one attached hydrogen (secondary N) is 1. The Hall–Kier alpha value is -2.91. The molecule has 2 heterocycles. The zero-order valence-corrected chi connectivity index (χ0v) is 11.9. The van der Waals surface area contributed by atoms with Crippen LogP contribution in [0, 0.1) is 6.92 Å². The zero-order chi connectivity index (χ0) is 15.6. The SMILES string of the molecule is Cc1nn(C(=O)Cn2ncc(NC(=O)N(C)C)n2)cc1N. The molecule has 0 aliphatic carbocycles. The van der Waals surface area contributed by atoms with Gasteiger partial charge in [-0.25, -0.2) is 9.48 Å². The number of urea groups is 1. The minimum absolute atomic E-state index is 0.113. The molecule has 10 nitrogen and oxygen atoms in total. The molecule has 0 aromatic carbocycles. The lowest BCUT2D eigenvalue weighted by Crippen LogP contribution is -2.27. The summed E-state index contributed by atoms with van der Waals surface area (Å²) >= 11 is 0. The van der Waals surface area contributed by atoms with Gasteiger partial charge in [-0.2, -0.15) is 15.0 Å². The van der Waals surface area contributed by atoms with Crippen LogP contribution in [-0.2, 0) is 6.54 Å². The maximum atomic E-state index is 12.0. The van der Waals surface area contributed by atoms with Crippen molar-refractivity contribution in [1.29, 1.82) is 0 Å². The Labute approximate surface area is 120 Å². The number of aromatic nitrogens is 5. The van der Waals surface area contributed by atoms with Crippen molar-refractivity contribution in [2.45, 2.75) is 13.5 Å². The van der Waals surface area contributed by atoms with Crippen LogP contribution in [0.2, 0.25) is 0 Å². The Morgan fingerprint density at radius 1 is 1.38 bits per heavy atom. The Morgan fingerprint density at radius 2 is 2.10 bits per heavy atom. The van der Waals surface area contributed by atoms with Gasteiger partial charge in [-0.15, -0.1) is 5.10 Å². The smallest absolute Gasteiger partial charge is 0.322 e. The topological polar surface area (TPSA) is 124 Å². The highest BCUT2D eigenvalue weighted by Gasteiger charge is 2.12. The summed E-state index contributed by atoms with van der Waals surface area (Å²) in [6.07, 6.45) is 2.80. The van der Waals surface area contributed by atoms with Crippen molar-refractivity contribution in [3.8, 4) is 0 Å². The van der Waals surface area contributed by atoms with E-state index >= 15 is 0 Å². The van der Waals surface area contributed by atoms with E-state index in [-0.39, 0.29) is 24.3 Å². The van der Waals surface area contributed by atoms with Crippen LogP contribution in [-0.4, -0.2) is 55.7 Å². The molecule has 112 valence electrons. The van der Waals surface area contributed by atoms with Crippen molar-refractivity contribution < 1.29 is 9.59 Å². The van der Waals surface area contributed by atoms with E-state index in [0.717, 1.165) is 4.68 Å². The van der Waals surface area contributed by atoms with Gasteiger partial charge >= 0.3 is 6.03 Å². The van der Waals surface area contributed by atoms with Crippen LogP contribution in [0.25, 0.3) is 0 Å². The number of anilines is 2. The number of rotatable bonds is 3. The number of carbonyl (C=O) groups is 2.